The number of benzene rings is 2. The van der Waals surface area contributed by atoms with Crippen molar-refractivity contribution >= 4 is 17.9 Å². The molecule has 86 valence electrons. The van der Waals surface area contributed by atoms with Gasteiger partial charge >= 0.3 is 0 Å². The first kappa shape index (κ1) is 11.7. The van der Waals surface area contributed by atoms with Gasteiger partial charge in [-0.1, -0.05) is 17.7 Å². The summed E-state index contributed by atoms with van der Waals surface area (Å²) in [5, 5.41) is 0.313. The van der Waals surface area contributed by atoms with Crippen LogP contribution in [0.1, 0.15) is 10.4 Å². The first-order valence-corrected chi connectivity index (χ1v) is 5.20. The Labute approximate surface area is 102 Å². The van der Waals surface area contributed by atoms with Crippen molar-refractivity contribution in [1.29, 1.82) is 0 Å². The lowest BCUT2D eigenvalue weighted by Gasteiger charge is -2.08. The monoisotopic (exact) mass is 252 g/mol. The zero-order chi connectivity index (χ0) is 12.4. The predicted molar refractivity (Wildman–Crippen MR) is 62.2 cm³/mol. The molecule has 0 aromatic heterocycles. The molecule has 2 aromatic rings. The van der Waals surface area contributed by atoms with E-state index in [4.69, 9.17) is 11.6 Å². The molecule has 0 radical (unpaired) electrons. The number of hydrogen-bond donors (Lipinski definition) is 0. The summed E-state index contributed by atoms with van der Waals surface area (Å²) in [7, 11) is 0. The van der Waals surface area contributed by atoms with E-state index in [1.807, 2.05) is 0 Å². The summed E-state index contributed by atoms with van der Waals surface area (Å²) < 4.78 is 27.2. The molecule has 17 heavy (non-hydrogen) atoms. The molecule has 0 aliphatic carbocycles. The Morgan fingerprint density at radius 3 is 2.29 bits per heavy atom. The third-order valence-electron chi connectivity index (χ3n) is 2.37. The van der Waals surface area contributed by atoms with Crippen LogP contribution in [0.2, 0.25) is 5.02 Å². The van der Waals surface area contributed by atoms with Crippen LogP contribution in [0.15, 0.2) is 36.4 Å². The SMILES string of the molecule is O=Cc1ccc(Cl)cc1-c1c(F)cccc1F. The van der Waals surface area contributed by atoms with Gasteiger partial charge in [0, 0.05) is 10.6 Å². The smallest absolute Gasteiger partial charge is 0.150 e. The summed E-state index contributed by atoms with van der Waals surface area (Å²) in [5.41, 5.74) is 0.110. The highest BCUT2D eigenvalue weighted by atomic mass is 35.5. The van der Waals surface area contributed by atoms with Crippen LogP contribution in [-0.4, -0.2) is 6.29 Å². The van der Waals surface area contributed by atoms with Crippen molar-refractivity contribution in [3.8, 4) is 11.1 Å². The minimum absolute atomic E-state index is 0.156. The van der Waals surface area contributed by atoms with E-state index in [1.54, 1.807) is 0 Å². The van der Waals surface area contributed by atoms with Crippen LogP contribution in [0, 0.1) is 11.6 Å². The predicted octanol–water partition coefficient (Wildman–Crippen LogP) is 4.10. The van der Waals surface area contributed by atoms with Gasteiger partial charge in [-0.3, -0.25) is 4.79 Å². The van der Waals surface area contributed by atoms with E-state index >= 15 is 0 Å². The lowest BCUT2D eigenvalue weighted by atomic mass is 9.99. The number of carbonyl (C=O) groups excluding carboxylic acids is 1. The molecule has 0 atom stereocenters. The summed E-state index contributed by atoms with van der Waals surface area (Å²) in [6, 6.07) is 7.82. The molecule has 0 fully saturated rings. The van der Waals surface area contributed by atoms with Crippen molar-refractivity contribution in [2.75, 3.05) is 0 Å². The van der Waals surface area contributed by atoms with Gasteiger partial charge in [0.2, 0.25) is 0 Å². The fourth-order valence-electron chi connectivity index (χ4n) is 1.60. The van der Waals surface area contributed by atoms with Gasteiger partial charge in [-0.25, -0.2) is 8.78 Å². The van der Waals surface area contributed by atoms with Crippen LogP contribution in [-0.2, 0) is 0 Å². The summed E-state index contributed by atoms with van der Waals surface area (Å²) >= 11 is 5.77. The molecule has 1 nitrogen and oxygen atoms in total. The molecule has 4 heteroatoms. The second kappa shape index (κ2) is 4.63. The van der Waals surface area contributed by atoms with Gasteiger partial charge in [-0.15, -0.1) is 0 Å². The first-order chi connectivity index (χ1) is 8.13. The van der Waals surface area contributed by atoms with Crippen molar-refractivity contribution in [2.24, 2.45) is 0 Å². The second-order valence-electron chi connectivity index (χ2n) is 3.45. The summed E-state index contributed by atoms with van der Waals surface area (Å²) in [6.07, 6.45) is 0.539. The molecule has 0 spiro atoms. The minimum atomic E-state index is -0.727. The highest BCUT2D eigenvalue weighted by Crippen LogP contribution is 2.30. The molecule has 0 bridgehead atoms. The number of hydrogen-bond acceptors (Lipinski definition) is 1. The summed E-state index contributed by atoms with van der Waals surface area (Å²) in [4.78, 5) is 10.8. The maximum absolute atomic E-state index is 13.6. The largest absolute Gasteiger partial charge is 0.298 e. The molecule has 0 heterocycles. The van der Waals surface area contributed by atoms with Gasteiger partial charge in [-0.05, 0) is 35.9 Å². The van der Waals surface area contributed by atoms with Crippen molar-refractivity contribution in [2.45, 2.75) is 0 Å². The molecule has 0 aliphatic rings. The van der Waals surface area contributed by atoms with E-state index in [0.29, 0.717) is 11.3 Å². The van der Waals surface area contributed by atoms with E-state index in [9.17, 15) is 13.6 Å². The van der Waals surface area contributed by atoms with Gasteiger partial charge < -0.3 is 0 Å². The van der Waals surface area contributed by atoms with E-state index in [0.717, 1.165) is 12.1 Å². The summed E-state index contributed by atoms with van der Waals surface area (Å²) in [5.74, 6) is -1.45. The standard InChI is InChI=1S/C13H7ClF2O/c14-9-5-4-8(7-17)10(6-9)13-11(15)2-1-3-12(13)16/h1-7H. The Bertz CT molecular complexity index is 561. The molecule has 2 aromatic carbocycles. The van der Waals surface area contributed by atoms with Crippen LogP contribution < -0.4 is 0 Å². The van der Waals surface area contributed by atoms with Gasteiger partial charge in [0.25, 0.3) is 0 Å². The Kier molecular flexibility index (Phi) is 3.20. The molecule has 0 unspecified atom stereocenters. The zero-order valence-corrected chi connectivity index (χ0v) is 9.34. The minimum Gasteiger partial charge on any atom is -0.298 e. The fourth-order valence-corrected chi connectivity index (χ4v) is 1.78. The van der Waals surface area contributed by atoms with E-state index in [-0.39, 0.29) is 16.7 Å². The molecule has 0 aliphatic heterocycles. The average molecular weight is 253 g/mol. The summed E-state index contributed by atoms with van der Waals surface area (Å²) in [6.45, 7) is 0. The number of carbonyl (C=O) groups is 1. The van der Waals surface area contributed by atoms with Gasteiger partial charge in [0.05, 0.1) is 5.56 Å². The highest BCUT2D eigenvalue weighted by Gasteiger charge is 2.14. The zero-order valence-electron chi connectivity index (χ0n) is 8.58. The quantitative estimate of drug-likeness (QED) is 0.736. The molecule has 0 N–H and O–H groups in total. The normalized spacial score (nSPS) is 10.3. The van der Waals surface area contributed by atoms with Crippen LogP contribution in [0.5, 0.6) is 0 Å². The Morgan fingerprint density at radius 1 is 1.06 bits per heavy atom. The fraction of sp³-hybridized carbons (Fsp3) is 0. The molecular formula is C13H7ClF2O. The highest BCUT2D eigenvalue weighted by molar-refractivity contribution is 6.31. The van der Waals surface area contributed by atoms with Crippen LogP contribution in [0.25, 0.3) is 11.1 Å². The third-order valence-corrected chi connectivity index (χ3v) is 2.61. The van der Waals surface area contributed by atoms with Gasteiger partial charge in [0.15, 0.2) is 6.29 Å². The van der Waals surface area contributed by atoms with Crippen molar-refractivity contribution in [1.82, 2.24) is 0 Å². The molecule has 2 rings (SSSR count). The van der Waals surface area contributed by atoms with Gasteiger partial charge in [0.1, 0.15) is 11.6 Å². The topological polar surface area (TPSA) is 17.1 Å². The maximum atomic E-state index is 13.6. The third kappa shape index (κ3) is 2.19. The van der Waals surface area contributed by atoms with Crippen molar-refractivity contribution in [3.05, 3.63) is 58.6 Å². The van der Waals surface area contributed by atoms with E-state index in [2.05, 4.69) is 0 Å². The molecule has 0 amide bonds. The molecular weight excluding hydrogens is 246 g/mol. The Hall–Kier alpha value is -1.74. The number of rotatable bonds is 2. The average Bonchev–Trinajstić information content (AvgIpc) is 2.29. The first-order valence-electron chi connectivity index (χ1n) is 4.82. The number of halogens is 3. The number of aldehydes is 1. The van der Waals surface area contributed by atoms with Crippen LogP contribution in [0.3, 0.4) is 0 Å². The van der Waals surface area contributed by atoms with Crippen molar-refractivity contribution in [3.63, 3.8) is 0 Å². The Balaban J connectivity index is 2.75. The molecule has 0 saturated heterocycles. The lowest BCUT2D eigenvalue weighted by molar-refractivity contribution is 0.112. The van der Waals surface area contributed by atoms with E-state index in [1.165, 1.54) is 24.3 Å². The second-order valence-corrected chi connectivity index (χ2v) is 3.88. The van der Waals surface area contributed by atoms with Crippen LogP contribution >= 0.6 is 11.6 Å². The maximum Gasteiger partial charge on any atom is 0.150 e. The van der Waals surface area contributed by atoms with Crippen LogP contribution in [0.4, 0.5) is 8.78 Å². The van der Waals surface area contributed by atoms with E-state index < -0.39 is 11.6 Å². The van der Waals surface area contributed by atoms with Gasteiger partial charge in [-0.2, -0.15) is 0 Å². The Morgan fingerprint density at radius 2 is 1.71 bits per heavy atom. The lowest BCUT2D eigenvalue weighted by Crippen LogP contribution is -1.94. The molecule has 0 saturated carbocycles. The van der Waals surface area contributed by atoms with Crippen molar-refractivity contribution < 1.29 is 13.6 Å².